The molecule has 1 aliphatic rings. The van der Waals surface area contributed by atoms with E-state index >= 15 is 0 Å². The molecule has 7 heteroatoms. The van der Waals surface area contributed by atoms with E-state index < -0.39 is 24.1 Å². The number of aliphatic carboxylic acids is 1. The number of likely N-dealkylation sites (tertiary alicyclic amines) is 1. The van der Waals surface area contributed by atoms with Crippen molar-refractivity contribution in [2.75, 3.05) is 13.1 Å². The Labute approximate surface area is 125 Å². The van der Waals surface area contributed by atoms with Crippen LogP contribution >= 0.6 is 0 Å². The average molecular weight is 299 g/mol. The molecule has 0 aliphatic carbocycles. The van der Waals surface area contributed by atoms with E-state index in [1.165, 1.54) is 0 Å². The van der Waals surface area contributed by atoms with E-state index in [0.29, 0.717) is 6.42 Å². The van der Waals surface area contributed by atoms with Gasteiger partial charge in [-0.15, -0.1) is 0 Å². The second-order valence-corrected chi connectivity index (χ2v) is 5.46. The fraction of sp³-hybridized carbons (Fsp3) is 0.786. The Morgan fingerprint density at radius 3 is 2.33 bits per heavy atom. The Balaban J connectivity index is 2.42. The van der Waals surface area contributed by atoms with Gasteiger partial charge < -0.3 is 20.6 Å². The zero-order valence-electron chi connectivity index (χ0n) is 12.7. The first-order chi connectivity index (χ1) is 9.93. The lowest BCUT2D eigenvalue weighted by atomic mass is 10.1. The van der Waals surface area contributed by atoms with Crippen molar-refractivity contribution in [2.24, 2.45) is 0 Å². The van der Waals surface area contributed by atoms with Gasteiger partial charge in [-0.25, -0.2) is 4.79 Å². The molecule has 2 atom stereocenters. The van der Waals surface area contributed by atoms with Gasteiger partial charge in [-0.3, -0.25) is 9.59 Å². The number of carbonyl (C=O) groups is 3. The van der Waals surface area contributed by atoms with Gasteiger partial charge in [-0.2, -0.15) is 0 Å². The maximum Gasteiger partial charge on any atom is 0.315 e. The standard InChI is InChI=1S/C14H25N3O4/c1-3-6-11(9-12(18)19)16-14(21)15-10(2)13(20)17-7-4-5-8-17/h10-11H,3-9H2,1-2H3,(H,18,19)(H2,15,16,21). The van der Waals surface area contributed by atoms with Crippen molar-refractivity contribution < 1.29 is 19.5 Å². The summed E-state index contributed by atoms with van der Waals surface area (Å²) in [5.41, 5.74) is 0. The topological polar surface area (TPSA) is 98.7 Å². The number of hydrogen-bond acceptors (Lipinski definition) is 3. The van der Waals surface area contributed by atoms with Crippen molar-refractivity contribution in [3.8, 4) is 0 Å². The van der Waals surface area contributed by atoms with Crippen LogP contribution in [0.3, 0.4) is 0 Å². The third kappa shape index (κ3) is 6.01. The number of carboxylic acid groups (broad SMARTS) is 1. The fourth-order valence-corrected chi connectivity index (χ4v) is 2.48. The third-order valence-corrected chi connectivity index (χ3v) is 3.53. The maximum absolute atomic E-state index is 12.1. The van der Waals surface area contributed by atoms with E-state index in [-0.39, 0.29) is 12.3 Å². The highest BCUT2D eigenvalue weighted by Crippen LogP contribution is 2.09. The number of carbonyl (C=O) groups excluding carboxylic acids is 2. The number of amides is 3. The summed E-state index contributed by atoms with van der Waals surface area (Å²) in [6.45, 7) is 5.05. The Kier molecular flexibility index (Phi) is 6.98. The largest absolute Gasteiger partial charge is 0.481 e. The SMILES string of the molecule is CCCC(CC(=O)O)NC(=O)NC(C)C(=O)N1CCCC1. The van der Waals surface area contributed by atoms with Gasteiger partial charge in [0.1, 0.15) is 6.04 Å². The van der Waals surface area contributed by atoms with Gasteiger partial charge in [0.05, 0.1) is 6.42 Å². The van der Waals surface area contributed by atoms with E-state index in [0.717, 1.165) is 32.4 Å². The van der Waals surface area contributed by atoms with Crippen LogP contribution in [-0.2, 0) is 9.59 Å². The van der Waals surface area contributed by atoms with Gasteiger partial charge in [0.2, 0.25) is 5.91 Å². The Bertz CT molecular complexity index is 380. The Morgan fingerprint density at radius 1 is 1.19 bits per heavy atom. The van der Waals surface area contributed by atoms with Crippen LogP contribution < -0.4 is 10.6 Å². The lowest BCUT2D eigenvalue weighted by Crippen LogP contribution is -2.51. The first kappa shape index (κ1) is 17.3. The Hall–Kier alpha value is -1.79. The van der Waals surface area contributed by atoms with E-state index in [9.17, 15) is 14.4 Å². The van der Waals surface area contributed by atoms with Crippen LogP contribution in [0.25, 0.3) is 0 Å². The number of carboxylic acids is 1. The van der Waals surface area contributed by atoms with E-state index in [1.807, 2.05) is 6.92 Å². The minimum absolute atomic E-state index is 0.0899. The first-order valence-corrected chi connectivity index (χ1v) is 7.51. The monoisotopic (exact) mass is 299 g/mol. The van der Waals surface area contributed by atoms with Gasteiger partial charge in [0.15, 0.2) is 0 Å². The molecule has 3 amide bonds. The summed E-state index contributed by atoms with van der Waals surface area (Å²) in [4.78, 5) is 36.4. The molecule has 0 aromatic carbocycles. The molecule has 0 radical (unpaired) electrons. The quantitative estimate of drug-likeness (QED) is 0.651. The van der Waals surface area contributed by atoms with E-state index in [1.54, 1.807) is 11.8 Å². The van der Waals surface area contributed by atoms with Crippen LogP contribution in [0, 0.1) is 0 Å². The zero-order valence-corrected chi connectivity index (χ0v) is 12.7. The van der Waals surface area contributed by atoms with Crippen molar-refractivity contribution in [1.82, 2.24) is 15.5 Å². The van der Waals surface area contributed by atoms with Crippen molar-refractivity contribution >= 4 is 17.9 Å². The minimum Gasteiger partial charge on any atom is -0.481 e. The summed E-state index contributed by atoms with van der Waals surface area (Å²) in [5, 5.41) is 14.0. The summed E-state index contributed by atoms with van der Waals surface area (Å²) in [6.07, 6.45) is 3.26. The van der Waals surface area contributed by atoms with Crippen molar-refractivity contribution in [2.45, 2.75) is 58.0 Å². The second kappa shape index (κ2) is 8.49. The molecule has 0 aromatic rings. The molecule has 120 valence electrons. The predicted molar refractivity (Wildman–Crippen MR) is 77.9 cm³/mol. The van der Waals surface area contributed by atoms with E-state index in [4.69, 9.17) is 5.11 Å². The van der Waals surface area contributed by atoms with Crippen molar-refractivity contribution in [3.05, 3.63) is 0 Å². The number of hydrogen-bond donors (Lipinski definition) is 3. The predicted octanol–water partition coefficient (Wildman–Crippen LogP) is 0.940. The normalized spacial score (nSPS) is 17.1. The third-order valence-electron chi connectivity index (χ3n) is 3.53. The van der Waals surface area contributed by atoms with E-state index in [2.05, 4.69) is 10.6 Å². The molecule has 21 heavy (non-hydrogen) atoms. The highest BCUT2D eigenvalue weighted by atomic mass is 16.4. The summed E-state index contributed by atoms with van der Waals surface area (Å²) >= 11 is 0. The molecule has 1 heterocycles. The lowest BCUT2D eigenvalue weighted by molar-refractivity contribution is -0.137. The molecular weight excluding hydrogens is 274 g/mol. The lowest BCUT2D eigenvalue weighted by Gasteiger charge is -2.23. The van der Waals surface area contributed by atoms with Crippen LogP contribution in [0.4, 0.5) is 4.79 Å². The molecule has 1 aliphatic heterocycles. The number of nitrogens with one attached hydrogen (secondary N) is 2. The molecule has 0 aromatic heterocycles. The van der Waals surface area contributed by atoms with Crippen molar-refractivity contribution in [3.63, 3.8) is 0 Å². The van der Waals surface area contributed by atoms with Gasteiger partial charge in [-0.05, 0) is 26.2 Å². The van der Waals surface area contributed by atoms with Crippen LogP contribution in [0.15, 0.2) is 0 Å². The smallest absolute Gasteiger partial charge is 0.315 e. The van der Waals surface area contributed by atoms with Crippen molar-refractivity contribution in [1.29, 1.82) is 0 Å². The summed E-state index contributed by atoms with van der Waals surface area (Å²) in [5.74, 6) is -1.04. The Morgan fingerprint density at radius 2 is 1.81 bits per heavy atom. The first-order valence-electron chi connectivity index (χ1n) is 7.51. The number of nitrogens with zero attached hydrogens (tertiary/aromatic N) is 1. The number of rotatable bonds is 7. The zero-order chi connectivity index (χ0) is 15.8. The van der Waals surface area contributed by atoms with Crippen LogP contribution in [0.5, 0.6) is 0 Å². The molecule has 2 unspecified atom stereocenters. The maximum atomic E-state index is 12.1. The fourth-order valence-electron chi connectivity index (χ4n) is 2.48. The molecule has 0 saturated carbocycles. The molecule has 1 fully saturated rings. The van der Waals surface area contributed by atoms with Gasteiger partial charge in [-0.1, -0.05) is 13.3 Å². The molecular formula is C14H25N3O4. The molecule has 0 spiro atoms. The van der Waals surface area contributed by atoms with Gasteiger partial charge in [0.25, 0.3) is 0 Å². The van der Waals surface area contributed by atoms with Gasteiger partial charge >= 0.3 is 12.0 Å². The molecule has 1 saturated heterocycles. The molecule has 0 bridgehead atoms. The average Bonchev–Trinajstić information content (AvgIpc) is 2.90. The second-order valence-electron chi connectivity index (χ2n) is 5.46. The molecule has 3 N–H and O–H groups in total. The van der Waals surface area contributed by atoms with Crippen LogP contribution in [-0.4, -0.2) is 53.1 Å². The highest BCUT2D eigenvalue weighted by Gasteiger charge is 2.25. The molecule has 7 nitrogen and oxygen atoms in total. The van der Waals surface area contributed by atoms with Crippen LogP contribution in [0.2, 0.25) is 0 Å². The summed E-state index contributed by atoms with van der Waals surface area (Å²) < 4.78 is 0. The van der Waals surface area contributed by atoms with Crippen LogP contribution in [0.1, 0.15) is 46.0 Å². The summed E-state index contributed by atoms with van der Waals surface area (Å²) in [6, 6.07) is -1.51. The molecule has 1 rings (SSSR count). The minimum atomic E-state index is -0.949. The van der Waals surface area contributed by atoms with Gasteiger partial charge in [0, 0.05) is 19.1 Å². The highest BCUT2D eigenvalue weighted by molar-refractivity contribution is 5.87. The summed E-state index contributed by atoms with van der Waals surface area (Å²) in [7, 11) is 0. The number of urea groups is 1.